The van der Waals surface area contributed by atoms with Crippen LogP contribution in [-0.4, -0.2) is 229 Å². The third kappa shape index (κ3) is 24.9. The van der Waals surface area contributed by atoms with Gasteiger partial charge in [-0.3, -0.25) is 38.5 Å². The van der Waals surface area contributed by atoms with Crippen molar-refractivity contribution in [1.82, 2.24) is 52.4 Å². The molecule has 6 aromatic carbocycles. The fraction of sp³-hybridized carbons (Fsp3) is 0.596. The Morgan fingerprint density at radius 1 is 0.388 bits per heavy atom. The molecule has 0 radical (unpaired) electrons. The average molecular weight is 1920 g/mol. The fourth-order valence-corrected chi connectivity index (χ4v) is 23.8. The van der Waals surface area contributed by atoms with Crippen LogP contribution in [0.4, 0.5) is 9.59 Å². The van der Waals surface area contributed by atoms with Gasteiger partial charge in [0.15, 0.2) is 0 Å². The molecule has 3 heterocycles. The van der Waals surface area contributed by atoms with E-state index in [-0.39, 0.29) is 92.7 Å². The lowest BCUT2D eigenvalue weighted by Gasteiger charge is -2.62. The van der Waals surface area contributed by atoms with Gasteiger partial charge in [0.2, 0.25) is 17.7 Å². The fourth-order valence-electron chi connectivity index (χ4n) is 23.8. The number of benzene rings is 6. The first-order chi connectivity index (χ1) is 65.7. The lowest BCUT2D eigenvalue weighted by molar-refractivity contribution is -0.183. The highest BCUT2D eigenvalue weighted by Gasteiger charge is 2.61. The number of rotatable bonds is 32. The maximum absolute atomic E-state index is 14.0. The number of aliphatic hydroxyl groups excluding tert-OH is 6. The molecular formula is C109H152N10O20. The minimum Gasteiger partial charge on any atom is -0.478 e. The number of hydroxylamine groups is 6. The van der Waals surface area contributed by atoms with E-state index in [1.807, 2.05) is 115 Å². The number of nitrogens with one attached hydrogen (secondary N) is 7. The van der Waals surface area contributed by atoms with E-state index in [9.17, 15) is 74.1 Å². The molecule has 758 valence electrons. The minimum absolute atomic E-state index is 0.0608. The Hall–Kier alpha value is -9.80. The predicted octanol–water partition coefficient (Wildman–Crippen LogP) is 13.0. The number of carboxylic acid groups (broad SMARTS) is 1. The summed E-state index contributed by atoms with van der Waals surface area (Å²) in [6.45, 7) is 37.8. The van der Waals surface area contributed by atoms with Crippen LogP contribution in [0.2, 0.25) is 0 Å². The van der Waals surface area contributed by atoms with E-state index in [0.29, 0.717) is 120 Å². The van der Waals surface area contributed by atoms with E-state index in [1.165, 1.54) is 19.3 Å². The van der Waals surface area contributed by atoms with E-state index >= 15 is 0 Å². The Morgan fingerprint density at radius 3 is 0.899 bits per heavy atom. The second-order valence-electron chi connectivity index (χ2n) is 44.4. The first-order valence-electron chi connectivity index (χ1n) is 50.1. The number of hydrogen-bond acceptors (Lipinski definition) is 22. The number of carbonyl (C=O) groups is 8. The van der Waals surface area contributed by atoms with Gasteiger partial charge < -0.3 is 82.4 Å². The molecule has 12 aliphatic rings. The van der Waals surface area contributed by atoms with E-state index in [2.05, 4.69) is 99.5 Å². The number of ether oxygens (including phenoxy) is 2. The van der Waals surface area contributed by atoms with Crippen molar-refractivity contribution >= 4 is 47.7 Å². The van der Waals surface area contributed by atoms with Crippen molar-refractivity contribution in [1.29, 1.82) is 0 Å². The van der Waals surface area contributed by atoms with Crippen LogP contribution < -0.4 is 37.2 Å². The van der Waals surface area contributed by atoms with Crippen LogP contribution in [-0.2, 0) is 58.0 Å². The number of aromatic carboxylic acids is 1. The zero-order valence-corrected chi connectivity index (χ0v) is 84.2. The van der Waals surface area contributed by atoms with E-state index in [1.54, 1.807) is 108 Å². The predicted molar refractivity (Wildman–Crippen MR) is 528 cm³/mol. The number of aliphatic hydroxyl groups is 6. The molecule has 12 fully saturated rings. The summed E-state index contributed by atoms with van der Waals surface area (Å²) in [4.78, 5) is 121. The molecular weight excluding hydrogens is 1770 g/mol. The number of hydrogen-bond donors (Lipinski definition) is 14. The van der Waals surface area contributed by atoms with Gasteiger partial charge in [-0.05, 0) is 288 Å². The maximum Gasteiger partial charge on any atom is 0.407 e. The summed E-state index contributed by atoms with van der Waals surface area (Å²) in [6, 6.07) is 42.7. The Labute approximate surface area is 819 Å². The molecule has 6 bridgehead atoms. The Balaban J connectivity index is 0.000000177. The molecule has 18 rings (SSSR count). The average Bonchev–Trinajstić information content (AvgIpc) is 0.898. The van der Waals surface area contributed by atoms with Crippen molar-refractivity contribution in [2.75, 3.05) is 46.0 Å². The minimum atomic E-state index is -0.986. The number of fused-ring (bicyclic) bond motifs is 6. The lowest BCUT2D eigenvalue weighted by atomic mass is 9.45. The van der Waals surface area contributed by atoms with Gasteiger partial charge in [-0.1, -0.05) is 153 Å². The molecule has 6 aromatic rings. The Bertz CT molecular complexity index is 5060. The number of carbonyl (C=O) groups excluding carboxylic acids is 7. The largest absolute Gasteiger partial charge is 0.478 e. The summed E-state index contributed by atoms with van der Waals surface area (Å²) in [6.07, 6.45) is 1.87. The number of nitrogens with zero attached hydrogens (tertiary/aromatic N) is 3. The van der Waals surface area contributed by atoms with Crippen LogP contribution in [0.15, 0.2) is 146 Å². The topological polar surface area (TPSA) is 418 Å². The van der Waals surface area contributed by atoms with Crippen LogP contribution in [0.1, 0.15) is 224 Å². The molecule has 24 atom stereocenters. The Kier molecular flexibility index (Phi) is 34.3. The van der Waals surface area contributed by atoms with Crippen molar-refractivity contribution in [3.63, 3.8) is 0 Å². The van der Waals surface area contributed by atoms with Gasteiger partial charge in [0.25, 0.3) is 11.8 Å². The van der Waals surface area contributed by atoms with Crippen molar-refractivity contribution in [2.45, 2.75) is 280 Å². The van der Waals surface area contributed by atoms with Crippen molar-refractivity contribution < 1.29 is 98.1 Å². The highest BCUT2D eigenvalue weighted by atomic mass is 16.7. The molecule has 3 aliphatic heterocycles. The highest BCUT2D eigenvalue weighted by Crippen LogP contribution is 2.64. The van der Waals surface area contributed by atoms with Gasteiger partial charge in [0.1, 0.15) is 47.6 Å². The molecule has 0 aromatic heterocycles. The quantitative estimate of drug-likeness (QED) is 0.0174. The molecule has 30 heteroatoms. The van der Waals surface area contributed by atoms with Crippen LogP contribution in [0.25, 0.3) is 33.4 Å². The molecule has 30 nitrogen and oxygen atoms in total. The maximum atomic E-state index is 14.0. The molecule has 3 saturated heterocycles. The van der Waals surface area contributed by atoms with Crippen LogP contribution in [0.5, 0.6) is 0 Å². The zero-order chi connectivity index (χ0) is 101. The summed E-state index contributed by atoms with van der Waals surface area (Å²) in [5.41, 5.74) is 8.72. The van der Waals surface area contributed by atoms with Crippen LogP contribution in [0, 0.1) is 87.3 Å². The molecule has 9 saturated carbocycles. The Morgan fingerprint density at radius 2 is 0.647 bits per heavy atom. The normalized spacial score (nSPS) is 29.1. The summed E-state index contributed by atoms with van der Waals surface area (Å²) < 4.78 is 10.5. The monoisotopic (exact) mass is 1920 g/mol. The molecule has 139 heavy (non-hydrogen) atoms. The SMILES string of the molecule is C[C@@H]1[C@@H](NC(=O)[C@@H]2[C@H]([C@H](C)O)[C@H](CO)ON2Cc2cccc(-c3cccc(C(=O)NCCCNC(=O)OC(C)(C)C)c3)c2)C[C@H]2C[C@@H]1C2(C)C.C[C@@H]1[C@@H](NC(=O)[C@@H]2[C@H]([C@H](C)O)[C@H](CO)ON2Cc2cccc(-c3cccc(C(=O)NCCCNC(=O)OC(C)(C)C)c3)c2)C[C@H]2C[C@@H]1C2(C)C.C[C@@H]1[C@@H](NC(=O)[C@@H]2[C@H]([C@H](C)O)[C@H](CO)ON2Cc2cccc(-c3cccc(C(=O)O)c3)c2)C[C@H]2C[C@@H]1C2(C)C. The number of amides is 7. The zero-order valence-electron chi connectivity index (χ0n) is 84.2. The molecule has 14 N–H and O–H groups in total. The number of alkyl carbamates (subject to hydrolysis) is 2. The first-order valence-corrected chi connectivity index (χ1v) is 50.1. The highest BCUT2D eigenvalue weighted by molar-refractivity contribution is 5.96. The van der Waals surface area contributed by atoms with E-state index < -0.39 is 102 Å². The third-order valence-electron chi connectivity index (χ3n) is 32.0. The third-order valence-corrected chi connectivity index (χ3v) is 32.0. The molecule has 0 spiro atoms. The van der Waals surface area contributed by atoms with Crippen molar-refractivity contribution in [2.24, 2.45) is 87.3 Å². The van der Waals surface area contributed by atoms with Crippen LogP contribution in [0.3, 0.4) is 0 Å². The standard InChI is InChI=1S/2C39H56N4O7.C31H40N2O6/c2*1-23-30-19-29(39(30,6)7)20-31(23)42-36(47)34-33(24(2)45)32(22-44)50-43(34)21-25-11-8-12-26(17-25)27-13-9-14-28(18-27)35(46)40-15-10-16-41-37(48)49-38(3,4)5;1-17-24-13-23(31(24,3)4)14-25(17)32-29(36)28-27(18(2)35)26(16-34)39-33(28)15-19-7-5-8-20(11-19)21-9-6-10-22(12-21)30(37)38/h2*8-9,11-14,17-18,23-24,29-34,44-45H,10,15-16,19-22H2,1-7H3,(H,40,46)(H,41,48)(H,42,47);5-12,17-18,23-28,34-35H,13-16H2,1-4H3,(H,32,36)(H,37,38)/t2*23-,24-,29+,30-,31-,32-,33+,34-;17-,18-,23+,24-,25-,26-,27+,28-/m000/s1. The van der Waals surface area contributed by atoms with Crippen LogP contribution >= 0.6 is 0 Å². The van der Waals surface area contributed by atoms with E-state index in [4.69, 9.17) is 24.0 Å². The number of carboxylic acids is 1. The van der Waals surface area contributed by atoms with Gasteiger partial charge in [-0.2, -0.15) is 15.2 Å². The molecule has 0 unspecified atom stereocenters. The van der Waals surface area contributed by atoms with Gasteiger partial charge >= 0.3 is 18.2 Å². The lowest BCUT2D eigenvalue weighted by Crippen LogP contribution is -2.62. The van der Waals surface area contributed by atoms with Gasteiger partial charge in [-0.25, -0.2) is 14.4 Å². The van der Waals surface area contributed by atoms with Gasteiger partial charge in [-0.15, -0.1) is 0 Å². The van der Waals surface area contributed by atoms with Crippen molar-refractivity contribution in [3.8, 4) is 33.4 Å². The second kappa shape index (κ2) is 44.8. The summed E-state index contributed by atoms with van der Waals surface area (Å²) in [7, 11) is 0. The van der Waals surface area contributed by atoms with Crippen molar-refractivity contribution in [3.05, 3.63) is 179 Å². The van der Waals surface area contributed by atoms with Gasteiger partial charge in [0, 0.05) is 73.2 Å². The smallest absolute Gasteiger partial charge is 0.407 e. The molecule has 7 amide bonds. The first kappa shape index (κ1) is 107. The summed E-state index contributed by atoms with van der Waals surface area (Å²) >= 11 is 0. The second-order valence-corrected chi connectivity index (χ2v) is 44.4. The summed E-state index contributed by atoms with van der Waals surface area (Å²) in [5.74, 6) is 0.802. The van der Waals surface area contributed by atoms with E-state index in [0.717, 1.165) is 69.3 Å². The molecule has 9 aliphatic carbocycles. The summed E-state index contributed by atoms with van der Waals surface area (Å²) in [5, 5.41) is 98.0. The van der Waals surface area contributed by atoms with Gasteiger partial charge in [0.05, 0.1) is 63.3 Å².